The van der Waals surface area contributed by atoms with Gasteiger partial charge in [-0.15, -0.1) is 0 Å². The molecule has 88 valence electrons. The Bertz CT molecular complexity index is 496. The first kappa shape index (κ1) is 12.0. The van der Waals surface area contributed by atoms with Gasteiger partial charge in [-0.3, -0.25) is 0 Å². The lowest BCUT2D eigenvalue weighted by Crippen LogP contribution is -2.08. The first-order chi connectivity index (χ1) is 8.15. The summed E-state index contributed by atoms with van der Waals surface area (Å²) in [6.07, 6.45) is 1.58. The lowest BCUT2D eigenvalue weighted by Gasteiger charge is -2.15. The van der Waals surface area contributed by atoms with Gasteiger partial charge in [0, 0.05) is 22.3 Å². The molecule has 3 nitrogen and oxygen atoms in total. The average Bonchev–Trinajstić information content (AvgIpc) is 2.29. The molecule has 0 saturated carbocycles. The van der Waals surface area contributed by atoms with Gasteiger partial charge < -0.3 is 5.32 Å². The number of aryl methyl sites for hydroxylation is 1. The minimum atomic E-state index is 0.220. The molecule has 1 unspecified atom stereocenters. The van der Waals surface area contributed by atoms with Crippen LogP contribution in [0.15, 0.2) is 41.1 Å². The molecule has 0 saturated heterocycles. The molecule has 1 aromatic heterocycles. The van der Waals surface area contributed by atoms with Gasteiger partial charge in [-0.2, -0.15) is 0 Å². The van der Waals surface area contributed by atoms with Crippen molar-refractivity contribution in [1.82, 2.24) is 9.97 Å². The van der Waals surface area contributed by atoms with Crippen molar-refractivity contribution in [1.29, 1.82) is 0 Å². The Morgan fingerprint density at radius 1 is 1.18 bits per heavy atom. The van der Waals surface area contributed by atoms with Crippen LogP contribution in [-0.2, 0) is 0 Å². The van der Waals surface area contributed by atoms with E-state index in [-0.39, 0.29) is 6.04 Å². The Hall–Kier alpha value is -1.42. The Balaban J connectivity index is 2.11. The van der Waals surface area contributed by atoms with Crippen LogP contribution in [-0.4, -0.2) is 9.97 Å². The largest absolute Gasteiger partial charge is 0.363 e. The van der Waals surface area contributed by atoms with Gasteiger partial charge in [0.15, 0.2) is 0 Å². The molecule has 0 fully saturated rings. The van der Waals surface area contributed by atoms with Gasteiger partial charge >= 0.3 is 0 Å². The smallest absolute Gasteiger partial charge is 0.130 e. The third-order valence-electron chi connectivity index (χ3n) is 2.54. The second kappa shape index (κ2) is 5.27. The zero-order valence-corrected chi connectivity index (χ0v) is 11.4. The number of aromatic nitrogens is 2. The average molecular weight is 292 g/mol. The lowest BCUT2D eigenvalue weighted by atomic mass is 10.1. The molecule has 4 heteroatoms. The summed E-state index contributed by atoms with van der Waals surface area (Å²) >= 11 is 3.43. The van der Waals surface area contributed by atoms with Crippen LogP contribution in [0.5, 0.6) is 0 Å². The van der Waals surface area contributed by atoms with Crippen LogP contribution < -0.4 is 5.32 Å². The van der Waals surface area contributed by atoms with Crippen molar-refractivity contribution < 1.29 is 0 Å². The Labute approximate surface area is 109 Å². The van der Waals surface area contributed by atoms with E-state index in [0.717, 1.165) is 16.0 Å². The maximum absolute atomic E-state index is 4.19. The number of hydrogen-bond acceptors (Lipinski definition) is 3. The molecular formula is C13H14BrN3. The van der Waals surface area contributed by atoms with Gasteiger partial charge in [-0.25, -0.2) is 9.97 Å². The van der Waals surface area contributed by atoms with Gasteiger partial charge in [-0.05, 0) is 31.5 Å². The van der Waals surface area contributed by atoms with Crippen molar-refractivity contribution in [2.45, 2.75) is 19.9 Å². The van der Waals surface area contributed by atoms with E-state index < -0.39 is 0 Å². The summed E-state index contributed by atoms with van der Waals surface area (Å²) in [5.74, 6) is 0.855. The van der Waals surface area contributed by atoms with E-state index in [1.54, 1.807) is 6.33 Å². The van der Waals surface area contributed by atoms with Crippen LogP contribution in [0.25, 0.3) is 0 Å². The second-order valence-corrected chi connectivity index (χ2v) is 4.88. The standard InChI is InChI=1S/C13H14BrN3/c1-9-7-13(16-8-15-9)17-10(2)11-3-5-12(14)6-4-11/h3-8,10H,1-2H3,(H,15,16,17). The molecule has 1 N–H and O–H groups in total. The van der Waals surface area contributed by atoms with Crippen molar-refractivity contribution in [3.8, 4) is 0 Å². The van der Waals surface area contributed by atoms with Crippen LogP contribution in [0.4, 0.5) is 5.82 Å². The highest BCUT2D eigenvalue weighted by Crippen LogP contribution is 2.19. The van der Waals surface area contributed by atoms with E-state index in [2.05, 4.69) is 50.3 Å². The summed E-state index contributed by atoms with van der Waals surface area (Å²) < 4.78 is 1.09. The number of nitrogens with zero attached hydrogens (tertiary/aromatic N) is 2. The first-order valence-electron chi connectivity index (χ1n) is 5.46. The molecule has 0 aliphatic rings. The van der Waals surface area contributed by atoms with Gasteiger partial charge in [0.05, 0.1) is 0 Å². The number of halogens is 1. The molecule has 0 spiro atoms. The summed E-state index contributed by atoms with van der Waals surface area (Å²) in [5.41, 5.74) is 2.19. The topological polar surface area (TPSA) is 37.8 Å². The SMILES string of the molecule is Cc1cc(NC(C)c2ccc(Br)cc2)ncn1. The van der Waals surface area contributed by atoms with Crippen molar-refractivity contribution in [2.75, 3.05) is 5.32 Å². The van der Waals surface area contributed by atoms with Crippen LogP contribution in [0.3, 0.4) is 0 Å². The van der Waals surface area contributed by atoms with Gasteiger partial charge in [-0.1, -0.05) is 28.1 Å². The van der Waals surface area contributed by atoms with Gasteiger partial charge in [0.1, 0.15) is 12.1 Å². The van der Waals surface area contributed by atoms with Gasteiger partial charge in [0.25, 0.3) is 0 Å². The highest BCUT2D eigenvalue weighted by molar-refractivity contribution is 9.10. The van der Waals surface area contributed by atoms with Crippen LogP contribution in [0, 0.1) is 6.92 Å². The fraction of sp³-hybridized carbons (Fsp3) is 0.231. The Morgan fingerprint density at radius 2 is 1.88 bits per heavy atom. The van der Waals surface area contributed by atoms with E-state index in [9.17, 15) is 0 Å². The predicted octanol–water partition coefficient (Wildman–Crippen LogP) is 3.72. The third kappa shape index (κ3) is 3.27. The summed E-state index contributed by atoms with van der Waals surface area (Å²) in [5, 5.41) is 3.35. The lowest BCUT2D eigenvalue weighted by molar-refractivity contribution is 0.869. The normalized spacial score (nSPS) is 12.2. The molecule has 2 rings (SSSR count). The molecule has 2 aromatic rings. The third-order valence-corrected chi connectivity index (χ3v) is 3.07. The zero-order valence-electron chi connectivity index (χ0n) is 9.81. The summed E-state index contributed by atoms with van der Waals surface area (Å²) in [7, 11) is 0. The van der Waals surface area contributed by atoms with E-state index in [1.165, 1.54) is 5.56 Å². The molecule has 1 heterocycles. The minimum absolute atomic E-state index is 0.220. The molecule has 0 radical (unpaired) electrons. The molecule has 0 bridgehead atoms. The highest BCUT2D eigenvalue weighted by Gasteiger charge is 2.05. The monoisotopic (exact) mass is 291 g/mol. The number of hydrogen-bond donors (Lipinski definition) is 1. The predicted molar refractivity (Wildman–Crippen MR) is 72.9 cm³/mol. The van der Waals surface area contributed by atoms with Crippen molar-refractivity contribution >= 4 is 21.7 Å². The van der Waals surface area contributed by atoms with E-state index in [0.29, 0.717) is 0 Å². The maximum Gasteiger partial charge on any atom is 0.130 e. The molecule has 1 aromatic carbocycles. The van der Waals surface area contributed by atoms with Crippen molar-refractivity contribution in [3.63, 3.8) is 0 Å². The van der Waals surface area contributed by atoms with Crippen molar-refractivity contribution in [3.05, 3.63) is 52.4 Å². The Kier molecular flexibility index (Phi) is 3.74. The number of rotatable bonds is 3. The van der Waals surface area contributed by atoms with E-state index in [4.69, 9.17) is 0 Å². The van der Waals surface area contributed by atoms with Crippen LogP contribution in [0.1, 0.15) is 24.2 Å². The zero-order chi connectivity index (χ0) is 12.3. The molecule has 0 amide bonds. The highest BCUT2D eigenvalue weighted by atomic mass is 79.9. The molecule has 0 aliphatic carbocycles. The van der Waals surface area contributed by atoms with Crippen molar-refractivity contribution in [2.24, 2.45) is 0 Å². The summed E-state index contributed by atoms with van der Waals surface area (Å²) in [4.78, 5) is 8.27. The number of anilines is 1. The van der Waals surface area contributed by atoms with Crippen LogP contribution >= 0.6 is 15.9 Å². The van der Waals surface area contributed by atoms with Gasteiger partial charge in [0.2, 0.25) is 0 Å². The number of benzene rings is 1. The Morgan fingerprint density at radius 3 is 2.53 bits per heavy atom. The van der Waals surface area contributed by atoms with Crippen LogP contribution in [0.2, 0.25) is 0 Å². The van der Waals surface area contributed by atoms with E-state index >= 15 is 0 Å². The van der Waals surface area contributed by atoms with E-state index in [1.807, 2.05) is 25.1 Å². The molecule has 0 aliphatic heterocycles. The summed E-state index contributed by atoms with van der Waals surface area (Å²) in [6, 6.07) is 10.4. The molecule has 17 heavy (non-hydrogen) atoms. The second-order valence-electron chi connectivity index (χ2n) is 3.96. The molecular weight excluding hydrogens is 278 g/mol. The fourth-order valence-corrected chi connectivity index (χ4v) is 1.85. The first-order valence-corrected chi connectivity index (χ1v) is 6.25. The maximum atomic E-state index is 4.19. The molecule has 1 atom stereocenters. The minimum Gasteiger partial charge on any atom is -0.363 e. The quantitative estimate of drug-likeness (QED) is 0.937. The summed E-state index contributed by atoms with van der Waals surface area (Å²) in [6.45, 7) is 4.07. The number of nitrogens with one attached hydrogen (secondary N) is 1. The fourth-order valence-electron chi connectivity index (χ4n) is 1.59.